The highest BCUT2D eigenvalue weighted by molar-refractivity contribution is 5.92. The number of alkyl halides is 3. The van der Waals surface area contributed by atoms with Gasteiger partial charge in [0.1, 0.15) is 11.8 Å². The van der Waals surface area contributed by atoms with Gasteiger partial charge in [-0.2, -0.15) is 18.4 Å². The molecule has 40 heavy (non-hydrogen) atoms. The molecule has 1 saturated heterocycles. The van der Waals surface area contributed by atoms with Crippen molar-refractivity contribution in [3.63, 3.8) is 0 Å². The van der Waals surface area contributed by atoms with E-state index in [1.807, 2.05) is 0 Å². The van der Waals surface area contributed by atoms with E-state index in [-0.39, 0.29) is 17.2 Å². The summed E-state index contributed by atoms with van der Waals surface area (Å²) < 4.78 is 70.5. The summed E-state index contributed by atoms with van der Waals surface area (Å²) in [6, 6.07) is 6.11. The summed E-state index contributed by atoms with van der Waals surface area (Å²) in [4.78, 5) is 45.4. The summed E-state index contributed by atoms with van der Waals surface area (Å²) in [6.07, 6.45) is -4.37. The number of nitrogens with one attached hydrogen (secondary N) is 1. The van der Waals surface area contributed by atoms with Crippen LogP contribution < -0.4 is 15.5 Å². The van der Waals surface area contributed by atoms with Crippen LogP contribution in [0.4, 0.5) is 32.4 Å². The zero-order valence-corrected chi connectivity index (χ0v) is 20.4. The van der Waals surface area contributed by atoms with Gasteiger partial charge in [0.15, 0.2) is 11.6 Å². The normalized spacial score (nSPS) is 15.9. The minimum absolute atomic E-state index is 0.0368. The fraction of sp³-hybridized carbons (Fsp3) is 0.280. The van der Waals surface area contributed by atoms with Crippen LogP contribution in [0.1, 0.15) is 18.4 Å². The molecule has 3 aromatic rings. The van der Waals surface area contributed by atoms with Crippen LogP contribution in [0.2, 0.25) is 0 Å². The van der Waals surface area contributed by atoms with E-state index in [2.05, 4.69) is 15.9 Å². The van der Waals surface area contributed by atoms with E-state index < -0.39 is 53.6 Å². The Bertz CT molecular complexity index is 1500. The van der Waals surface area contributed by atoms with E-state index >= 15 is 0 Å². The number of carbonyl (C=O) groups is 3. The molecule has 2 amide bonds. The number of rotatable bonds is 5. The summed E-state index contributed by atoms with van der Waals surface area (Å²) >= 11 is 0. The van der Waals surface area contributed by atoms with E-state index in [1.54, 1.807) is 6.20 Å². The number of hydrogen-bond donors (Lipinski definition) is 2. The fourth-order valence-electron chi connectivity index (χ4n) is 4.18. The summed E-state index contributed by atoms with van der Waals surface area (Å²) in [5.74, 6) is -6.34. The quantitative estimate of drug-likeness (QED) is 0.354. The van der Waals surface area contributed by atoms with E-state index in [0.29, 0.717) is 54.1 Å². The van der Waals surface area contributed by atoms with Crippen LogP contribution >= 0.6 is 0 Å². The number of carbonyl (C=O) groups excluding carboxylic acids is 3. The van der Waals surface area contributed by atoms with Crippen molar-refractivity contribution in [2.45, 2.75) is 37.5 Å². The molecule has 0 saturated carbocycles. The van der Waals surface area contributed by atoms with Gasteiger partial charge in [0, 0.05) is 29.7 Å². The number of aromatic nitrogens is 1. The lowest BCUT2D eigenvalue weighted by Gasteiger charge is -2.23. The molecule has 1 aliphatic rings. The van der Waals surface area contributed by atoms with Gasteiger partial charge in [-0.1, -0.05) is 0 Å². The average molecular weight is 565 g/mol. The minimum Gasteiger partial charge on any atom is -0.408 e. The van der Waals surface area contributed by atoms with E-state index in [4.69, 9.17) is 10.5 Å². The lowest BCUT2D eigenvalue weighted by atomic mass is 10.0. The van der Waals surface area contributed by atoms with E-state index in [9.17, 15) is 41.6 Å². The number of aromatic amines is 1. The molecule has 15 heteroatoms. The van der Waals surface area contributed by atoms with Crippen molar-refractivity contribution in [1.29, 1.82) is 5.26 Å². The Kier molecular flexibility index (Phi) is 7.91. The largest absolute Gasteiger partial charge is 0.493 e. The maximum atomic E-state index is 13.7. The SMILES string of the molecule is N#CC1CCCN1C(=O)C(N)Cc1c[nH]c2ccc(OC(=O)N(OC(=O)C(F)(F)F)c3ccc(F)c(F)c3)cc12. The summed E-state index contributed by atoms with van der Waals surface area (Å²) in [5.41, 5.74) is 6.43. The lowest BCUT2D eigenvalue weighted by Crippen LogP contribution is -2.46. The monoisotopic (exact) mass is 565 g/mol. The molecular formula is C25H20F5N5O5. The second-order valence-electron chi connectivity index (χ2n) is 8.79. The number of nitrogens with two attached hydrogens (primary N) is 1. The third-order valence-electron chi connectivity index (χ3n) is 6.10. The number of halogens is 5. The zero-order valence-electron chi connectivity index (χ0n) is 20.4. The van der Waals surface area contributed by atoms with Crippen molar-refractivity contribution in [1.82, 2.24) is 9.88 Å². The molecule has 0 spiro atoms. The van der Waals surface area contributed by atoms with Crippen molar-refractivity contribution in [3.8, 4) is 11.8 Å². The molecule has 210 valence electrons. The second kappa shape index (κ2) is 11.2. The van der Waals surface area contributed by atoms with Gasteiger partial charge < -0.3 is 25.2 Å². The Morgan fingerprint density at radius 3 is 2.60 bits per heavy atom. The Morgan fingerprint density at radius 1 is 1.18 bits per heavy atom. The highest BCUT2D eigenvalue weighted by Gasteiger charge is 2.44. The third-order valence-corrected chi connectivity index (χ3v) is 6.10. The molecule has 2 aromatic carbocycles. The van der Waals surface area contributed by atoms with Crippen LogP contribution in [0.15, 0.2) is 42.6 Å². The number of H-pyrrole nitrogens is 1. The number of anilines is 1. The van der Waals surface area contributed by atoms with Crippen LogP contribution in [0.25, 0.3) is 10.9 Å². The van der Waals surface area contributed by atoms with E-state index in [1.165, 1.54) is 23.1 Å². The maximum absolute atomic E-state index is 13.7. The van der Waals surface area contributed by atoms with Crippen LogP contribution in [0.5, 0.6) is 5.75 Å². The van der Waals surface area contributed by atoms with Crippen molar-refractivity contribution in [3.05, 3.63) is 59.8 Å². The molecule has 0 bridgehead atoms. The summed E-state index contributed by atoms with van der Waals surface area (Å²) in [5, 5.41) is 9.42. The molecule has 2 unspecified atom stereocenters. The van der Waals surface area contributed by atoms with Crippen LogP contribution in [-0.2, 0) is 20.8 Å². The van der Waals surface area contributed by atoms with Gasteiger partial charge in [-0.15, -0.1) is 5.06 Å². The summed E-state index contributed by atoms with van der Waals surface area (Å²) in [7, 11) is 0. The molecule has 0 aliphatic carbocycles. The number of nitrogens with zero attached hydrogens (tertiary/aromatic N) is 3. The van der Waals surface area contributed by atoms with Gasteiger partial charge in [0.05, 0.1) is 17.8 Å². The molecule has 1 fully saturated rings. The summed E-state index contributed by atoms with van der Waals surface area (Å²) in [6.45, 7) is 0.409. The van der Waals surface area contributed by atoms with Crippen molar-refractivity contribution in [2.75, 3.05) is 11.6 Å². The standard InChI is InChI=1S/C25H20F5N5O5/c26-18-5-3-14(9-19(18)27)35(40-23(37)25(28,29)30)24(38)39-16-4-6-21-17(10-16)13(12-33-21)8-20(32)22(36)34-7-1-2-15(34)11-31/h3-6,9-10,12,15,20,33H,1-2,7-8,32H2. The smallest absolute Gasteiger partial charge is 0.408 e. The first-order chi connectivity index (χ1) is 18.9. The van der Waals surface area contributed by atoms with Gasteiger partial charge in [0.25, 0.3) is 0 Å². The number of hydrogen-bond acceptors (Lipinski definition) is 7. The minimum atomic E-state index is -5.52. The topological polar surface area (TPSA) is 142 Å². The number of ether oxygens (including phenoxy) is 1. The Hall–Kier alpha value is -4.71. The molecule has 0 radical (unpaired) electrons. The average Bonchev–Trinajstić information content (AvgIpc) is 3.54. The molecule has 1 aliphatic heterocycles. The first-order valence-electron chi connectivity index (χ1n) is 11.7. The van der Waals surface area contributed by atoms with Crippen molar-refractivity contribution >= 4 is 34.6 Å². The Labute approximate surface area is 222 Å². The van der Waals surface area contributed by atoms with Gasteiger partial charge in [-0.05, 0) is 55.2 Å². The number of hydroxylamine groups is 1. The number of fused-ring (bicyclic) bond motifs is 1. The number of nitriles is 1. The van der Waals surface area contributed by atoms with Gasteiger partial charge in [-0.25, -0.2) is 18.4 Å². The Balaban J connectivity index is 1.56. The predicted molar refractivity (Wildman–Crippen MR) is 127 cm³/mol. The fourth-order valence-corrected chi connectivity index (χ4v) is 4.18. The first kappa shape index (κ1) is 28.3. The first-order valence-corrected chi connectivity index (χ1v) is 11.7. The van der Waals surface area contributed by atoms with Crippen molar-refractivity contribution in [2.24, 2.45) is 5.73 Å². The maximum Gasteiger partial charge on any atom is 0.493 e. The van der Waals surface area contributed by atoms with Gasteiger partial charge in [0.2, 0.25) is 5.91 Å². The van der Waals surface area contributed by atoms with Crippen LogP contribution in [-0.4, -0.2) is 52.7 Å². The number of benzene rings is 2. The molecule has 1 aromatic heterocycles. The number of likely N-dealkylation sites (tertiary alicyclic amines) is 1. The van der Waals surface area contributed by atoms with Crippen molar-refractivity contribution < 1.29 is 45.9 Å². The molecule has 2 heterocycles. The Morgan fingerprint density at radius 2 is 1.93 bits per heavy atom. The molecule has 2 atom stereocenters. The highest BCUT2D eigenvalue weighted by Crippen LogP contribution is 2.28. The zero-order chi connectivity index (χ0) is 29.2. The van der Waals surface area contributed by atoms with Crippen LogP contribution in [0.3, 0.4) is 0 Å². The molecule has 10 nitrogen and oxygen atoms in total. The molecule has 4 rings (SSSR count). The molecule has 3 N–H and O–H groups in total. The van der Waals surface area contributed by atoms with Crippen LogP contribution in [0, 0.1) is 23.0 Å². The highest BCUT2D eigenvalue weighted by atomic mass is 19.4. The third kappa shape index (κ3) is 5.96. The lowest BCUT2D eigenvalue weighted by molar-refractivity contribution is -0.200. The van der Waals surface area contributed by atoms with Gasteiger partial charge in [-0.3, -0.25) is 4.79 Å². The predicted octanol–water partition coefficient (Wildman–Crippen LogP) is 3.86. The van der Waals surface area contributed by atoms with Gasteiger partial charge >= 0.3 is 18.2 Å². The number of amides is 2. The second-order valence-corrected chi connectivity index (χ2v) is 8.79. The molecular weight excluding hydrogens is 545 g/mol. The van der Waals surface area contributed by atoms with E-state index in [0.717, 1.165) is 0 Å².